The maximum Gasteiger partial charge on any atom is 0.0440 e. The second kappa shape index (κ2) is 5.03. The van der Waals surface area contributed by atoms with Gasteiger partial charge in [0.05, 0.1) is 0 Å². The number of para-hydroxylation sites is 1. The molecule has 0 aromatic heterocycles. The van der Waals surface area contributed by atoms with E-state index in [0.717, 1.165) is 5.02 Å². The SMILES string of the molecule is Clc1ccccc1C1CC(Nc2ccccc2)C1. The summed E-state index contributed by atoms with van der Waals surface area (Å²) < 4.78 is 0. The largest absolute Gasteiger partial charge is 0.382 e. The number of anilines is 1. The Morgan fingerprint density at radius 1 is 0.889 bits per heavy atom. The third-order valence-corrected chi connectivity index (χ3v) is 3.97. The van der Waals surface area contributed by atoms with Crippen LogP contribution in [0.4, 0.5) is 5.69 Å². The summed E-state index contributed by atoms with van der Waals surface area (Å²) in [4.78, 5) is 0. The summed E-state index contributed by atoms with van der Waals surface area (Å²) in [6.45, 7) is 0. The van der Waals surface area contributed by atoms with Crippen LogP contribution in [0.15, 0.2) is 54.6 Å². The number of hydrogen-bond donors (Lipinski definition) is 1. The molecule has 0 amide bonds. The van der Waals surface area contributed by atoms with Crippen LogP contribution in [-0.4, -0.2) is 6.04 Å². The van der Waals surface area contributed by atoms with Gasteiger partial charge in [-0.25, -0.2) is 0 Å². The van der Waals surface area contributed by atoms with Crippen molar-refractivity contribution < 1.29 is 0 Å². The molecule has 1 nitrogen and oxygen atoms in total. The number of halogens is 1. The summed E-state index contributed by atoms with van der Waals surface area (Å²) in [5.74, 6) is 0.611. The fraction of sp³-hybridized carbons (Fsp3) is 0.250. The lowest BCUT2D eigenvalue weighted by Gasteiger charge is -2.37. The average Bonchev–Trinajstić information content (AvgIpc) is 2.36. The molecule has 0 bridgehead atoms. The molecule has 1 fully saturated rings. The van der Waals surface area contributed by atoms with Crippen LogP contribution in [0.3, 0.4) is 0 Å². The molecule has 2 aromatic carbocycles. The molecule has 0 spiro atoms. The third-order valence-electron chi connectivity index (χ3n) is 3.63. The highest BCUT2D eigenvalue weighted by Gasteiger charge is 2.31. The first kappa shape index (κ1) is 11.6. The van der Waals surface area contributed by atoms with Gasteiger partial charge >= 0.3 is 0 Å². The standard InChI is InChI=1S/C16H16ClN/c17-16-9-5-4-8-15(16)12-10-14(11-12)18-13-6-2-1-3-7-13/h1-9,12,14,18H,10-11H2. The van der Waals surface area contributed by atoms with Crippen molar-refractivity contribution in [3.8, 4) is 0 Å². The molecule has 1 saturated carbocycles. The molecule has 0 atom stereocenters. The summed E-state index contributed by atoms with van der Waals surface area (Å²) in [5, 5.41) is 4.46. The lowest BCUT2D eigenvalue weighted by Crippen LogP contribution is -2.34. The molecule has 0 aliphatic heterocycles. The number of benzene rings is 2. The minimum atomic E-state index is 0.577. The fourth-order valence-electron chi connectivity index (χ4n) is 2.57. The Morgan fingerprint density at radius 3 is 2.28 bits per heavy atom. The summed E-state index contributed by atoms with van der Waals surface area (Å²) in [6, 6.07) is 19.2. The van der Waals surface area contributed by atoms with Gasteiger partial charge in [-0.05, 0) is 42.5 Å². The number of hydrogen-bond acceptors (Lipinski definition) is 1. The van der Waals surface area contributed by atoms with Gasteiger partial charge in [0.2, 0.25) is 0 Å². The van der Waals surface area contributed by atoms with E-state index in [-0.39, 0.29) is 0 Å². The van der Waals surface area contributed by atoms with Gasteiger partial charge in [0.1, 0.15) is 0 Å². The van der Waals surface area contributed by atoms with E-state index in [4.69, 9.17) is 11.6 Å². The Labute approximate surface area is 113 Å². The van der Waals surface area contributed by atoms with Crippen LogP contribution in [0.2, 0.25) is 5.02 Å². The molecule has 92 valence electrons. The molecule has 1 aliphatic carbocycles. The summed E-state index contributed by atoms with van der Waals surface area (Å²) in [5.41, 5.74) is 2.50. The number of rotatable bonds is 3. The smallest absolute Gasteiger partial charge is 0.0440 e. The van der Waals surface area contributed by atoms with Crippen LogP contribution in [0, 0.1) is 0 Å². The Balaban J connectivity index is 1.59. The molecular formula is C16H16ClN. The quantitative estimate of drug-likeness (QED) is 0.841. The molecule has 18 heavy (non-hydrogen) atoms. The molecule has 0 unspecified atom stereocenters. The maximum atomic E-state index is 6.22. The zero-order valence-corrected chi connectivity index (χ0v) is 10.9. The molecule has 0 saturated heterocycles. The maximum absolute atomic E-state index is 6.22. The first-order valence-electron chi connectivity index (χ1n) is 6.39. The lowest BCUT2D eigenvalue weighted by molar-refractivity contribution is 0.374. The van der Waals surface area contributed by atoms with Crippen LogP contribution in [0.25, 0.3) is 0 Å². The highest BCUT2D eigenvalue weighted by atomic mass is 35.5. The van der Waals surface area contributed by atoms with E-state index >= 15 is 0 Å². The number of nitrogens with one attached hydrogen (secondary N) is 1. The van der Waals surface area contributed by atoms with Gasteiger partial charge in [-0.2, -0.15) is 0 Å². The van der Waals surface area contributed by atoms with E-state index in [1.807, 2.05) is 18.2 Å². The van der Waals surface area contributed by atoms with E-state index in [9.17, 15) is 0 Å². The topological polar surface area (TPSA) is 12.0 Å². The van der Waals surface area contributed by atoms with Crippen molar-refractivity contribution in [2.75, 3.05) is 5.32 Å². The van der Waals surface area contributed by atoms with Gasteiger partial charge < -0.3 is 5.32 Å². The molecule has 2 aromatic rings. The van der Waals surface area contributed by atoms with Crippen molar-refractivity contribution in [1.29, 1.82) is 0 Å². The van der Waals surface area contributed by atoms with Crippen molar-refractivity contribution in [3.63, 3.8) is 0 Å². The zero-order chi connectivity index (χ0) is 12.4. The van der Waals surface area contributed by atoms with Crippen molar-refractivity contribution in [3.05, 3.63) is 65.2 Å². The van der Waals surface area contributed by atoms with Gasteiger partial charge in [-0.3, -0.25) is 0 Å². The molecule has 2 heteroatoms. The minimum absolute atomic E-state index is 0.577. The van der Waals surface area contributed by atoms with Crippen molar-refractivity contribution in [2.45, 2.75) is 24.8 Å². The Bertz CT molecular complexity index is 518. The second-order valence-electron chi connectivity index (χ2n) is 4.90. The third kappa shape index (κ3) is 2.37. The highest BCUT2D eigenvalue weighted by molar-refractivity contribution is 6.31. The van der Waals surface area contributed by atoms with Crippen LogP contribution in [0.1, 0.15) is 24.3 Å². The predicted molar refractivity (Wildman–Crippen MR) is 77.3 cm³/mol. The lowest BCUT2D eigenvalue weighted by atomic mass is 9.76. The molecule has 3 rings (SSSR count). The summed E-state index contributed by atoms with van der Waals surface area (Å²) in [7, 11) is 0. The van der Waals surface area contributed by atoms with E-state index in [2.05, 4.69) is 41.7 Å². The van der Waals surface area contributed by atoms with E-state index in [1.54, 1.807) is 0 Å². The first-order chi connectivity index (χ1) is 8.83. The van der Waals surface area contributed by atoms with E-state index in [1.165, 1.54) is 24.1 Å². The van der Waals surface area contributed by atoms with E-state index in [0.29, 0.717) is 12.0 Å². The molecule has 0 heterocycles. The van der Waals surface area contributed by atoms with Crippen molar-refractivity contribution in [2.24, 2.45) is 0 Å². The Hall–Kier alpha value is -1.47. The average molecular weight is 258 g/mol. The molecule has 1 N–H and O–H groups in total. The van der Waals surface area contributed by atoms with E-state index < -0.39 is 0 Å². The van der Waals surface area contributed by atoms with Crippen LogP contribution in [-0.2, 0) is 0 Å². The van der Waals surface area contributed by atoms with Crippen LogP contribution < -0.4 is 5.32 Å². The Kier molecular flexibility index (Phi) is 3.24. The zero-order valence-electron chi connectivity index (χ0n) is 10.1. The van der Waals surface area contributed by atoms with Crippen molar-refractivity contribution >= 4 is 17.3 Å². The second-order valence-corrected chi connectivity index (χ2v) is 5.30. The highest BCUT2D eigenvalue weighted by Crippen LogP contribution is 2.41. The fourth-order valence-corrected chi connectivity index (χ4v) is 2.86. The van der Waals surface area contributed by atoms with Crippen LogP contribution >= 0.6 is 11.6 Å². The summed E-state index contributed by atoms with van der Waals surface area (Å²) >= 11 is 6.22. The normalized spacial score (nSPS) is 22.3. The van der Waals surface area contributed by atoms with Crippen molar-refractivity contribution in [1.82, 2.24) is 0 Å². The van der Waals surface area contributed by atoms with Crippen LogP contribution in [0.5, 0.6) is 0 Å². The monoisotopic (exact) mass is 257 g/mol. The van der Waals surface area contributed by atoms with Gasteiger partial charge in [0.25, 0.3) is 0 Å². The first-order valence-corrected chi connectivity index (χ1v) is 6.77. The summed E-state index contributed by atoms with van der Waals surface area (Å²) in [6.07, 6.45) is 2.33. The molecular weight excluding hydrogens is 242 g/mol. The minimum Gasteiger partial charge on any atom is -0.382 e. The van der Waals surface area contributed by atoms with Gasteiger partial charge in [-0.15, -0.1) is 0 Å². The Morgan fingerprint density at radius 2 is 1.56 bits per heavy atom. The predicted octanol–water partition coefficient (Wildman–Crippen LogP) is 4.70. The molecule has 1 aliphatic rings. The van der Waals surface area contributed by atoms with Gasteiger partial charge in [0.15, 0.2) is 0 Å². The van der Waals surface area contributed by atoms with Gasteiger partial charge in [-0.1, -0.05) is 48.0 Å². The molecule has 0 radical (unpaired) electrons. The van der Waals surface area contributed by atoms with Gasteiger partial charge in [0, 0.05) is 16.8 Å².